The first-order chi connectivity index (χ1) is 8.65. The average Bonchev–Trinajstić information content (AvgIpc) is 3.16. The van der Waals surface area contributed by atoms with E-state index in [1.165, 1.54) is 12.1 Å². The summed E-state index contributed by atoms with van der Waals surface area (Å²) in [6.07, 6.45) is 2.16. The van der Waals surface area contributed by atoms with Crippen LogP contribution in [-0.2, 0) is 0 Å². The zero-order valence-electron chi connectivity index (χ0n) is 9.41. The van der Waals surface area contributed by atoms with Crippen LogP contribution in [0.4, 0.5) is 4.39 Å². The van der Waals surface area contributed by atoms with Gasteiger partial charge in [0.25, 0.3) is 5.56 Å². The molecule has 1 aromatic heterocycles. The van der Waals surface area contributed by atoms with Crippen molar-refractivity contribution in [3.63, 3.8) is 0 Å². The van der Waals surface area contributed by atoms with E-state index in [4.69, 9.17) is 0 Å². The maximum Gasteiger partial charge on any atom is 0.264 e. The molecule has 0 bridgehead atoms. The number of benzene rings is 1. The van der Waals surface area contributed by atoms with Crippen LogP contribution in [0.3, 0.4) is 0 Å². The Bertz CT molecular complexity index is 664. The lowest BCUT2D eigenvalue weighted by atomic mass is 10.2. The molecule has 5 heteroatoms. The molecule has 1 N–H and O–H groups in total. The first kappa shape index (κ1) is 11.8. The zero-order chi connectivity index (χ0) is 12.7. The number of hydrogen-bond donors (Lipinski definition) is 1. The number of rotatable bonds is 2. The molecule has 0 atom stereocenters. The standard InChI is InChI=1S/C13H10FIN2O/c14-9-3-1-2-8(6-9)12-16-11(7-4-5-7)10(15)13(18)17-12/h1-3,6-7H,4-5H2,(H,16,17,18). The van der Waals surface area contributed by atoms with Crippen LogP contribution in [0.1, 0.15) is 24.5 Å². The van der Waals surface area contributed by atoms with Crippen LogP contribution in [0.25, 0.3) is 11.4 Å². The van der Waals surface area contributed by atoms with Gasteiger partial charge in [0.05, 0.1) is 9.26 Å². The third-order valence-electron chi connectivity index (χ3n) is 2.95. The average molecular weight is 356 g/mol. The van der Waals surface area contributed by atoms with E-state index in [-0.39, 0.29) is 11.4 Å². The SMILES string of the molecule is O=c1[nH]c(-c2cccc(F)c2)nc(C2CC2)c1I. The van der Waals surface area contributed by atoms with Crippen molar-refractivity contribution in [2.24, 2.45) is 0 Å². The second kappa shape index (κ2) is 4.46. The van der Waals surface area contributed by atoms with Gasteiger partial charge in [-0.25, -0.2) is 9.37 Å². The van der Waals surface area contributed by atoms with Crippen LogP contribution < -0.4 is 5.56 Å². The van der Waals surface area contributed by atoms with Crippen molar-refractivity contribution >= 4 is 22.6 Å². The van der Waals surface area contributed by atoms with Crippen molar-refractivity contribution in [2.45, 2.75) is 18.8 Å². The Morgan fingerprint density at radius 1 is 1.39 bits per heavy atom. The molecule has 1 aliphatic carbocycles. The third kappa shape index (κ3) is 2.19. The lowest BCUT2D eigenvalue weighted by Gasteiger charge is -2.06. The van der Waals surface area contributed by atoms with Crippen molar-refractivity contribution in [1.29, 1.82) is 0 Å². The van der Waals surface area contributed by atoms with Crippen LogP contribution in [0.5, 0.6) is 0 Å². The lowest BCUT2D eigenvalue weighted by Crippen LogP contribution is -2.16. The Kier molecular flexibility index (Phi) is 2.93. The van der Waals surface area contributed by atoms with E-state index in [9.17, 15) is 9.18 Å². The summed E-state index contributed by atoms with van der Waals surface area (Å²) in [6, 6.07) is 6.10. The second-order valence-electron chi connectivity index (χ2n) is 4.40. The van der Waals surface area contributed by atoms with Gasteiger partial charge in [0.1, 0.15) is 11.6 Å². The van der Waals surface area contributed by atoms with Crippen LogP contribution in [0.15, 0.2) is 29.1 Å². The van der Waals surface area contributed by atoms with Gasteiger partial charge in [-0.2, -0.15) is 0 Å². The number of aromatic nitrogens is 2. The molecule has 0 radical (unpaired) electrons. The van der Waals surface area contributed by atoms with E-state index in [1.54, 1.807) is 12.1 Å². The number of hydrogen-bond acceptors (Lipinski definition) is 2. The first-order valence-corrected chi connectivity index (χ1v) is 6.78. The van der Waals surface area contributed by atoms with Crippen molar-refractivity contribution in [1.82, 2.24) is 9.97 Å². The van der Waals surface area contributed by atoms with Gasteiger partial charge in [-0.1, -0.05) is 12.1 Å². The van der Waals surface area contributed by atoms with Gasteiger partial charge >= 0.3 is 0 Å². The van der Waals surface area contributed by atoms with Gasteiger partial charge in [-0.15, -0.1) is 0 Å². The monoisotopic (exact) mass is 356 g/mol. The first-order valence-electron chi connectivity index (χ1n) is 5.71. The highest BCUT2D eigenvalue weighted by Crippen LogP contribution is 2.40. The topological polar surface area (TPSA) is 45.8 Å². The quantitative estimate of drug-likeness (QED) is 0.841. The zero-order valence-corrected chi connectivity index (χ0v) is 11.6. The van der Waals surface area contributed by atoms with E-state index in [1.807, 2.05) is 22.6 Å². The molecule has 0 unspecified atom stereocenters. The molecule has 92 valence electrons. The van der Waals surface area contributed by atoms with Crippen molar-refractivity contribution < 1.29 is 4.39 Å². The molecule has 2 aromatic rings. The van der Waals surface area contributed by atoms with E-state index >= 15 is 0 Å². The molecule has 1 aromatic carbocycles. The fourth-order valence-corrected chi connectivity index (χ4v) is 2.57. The minimum atomic E-state index is -0.332. The minimum Gasteiger partial charge on any atom is -0.306 e. The highest BCUT2D eigenvalue weighted by atomic mass is 127. The van der Waals surface area contributed by atoms with E-state index in [0.29, 0.717) is 20.9 Å². The minimum absolute atomic E-state index is 0.147. The van der Waals surface area contributed by atoms with Gasteiger partial charge in [0.15, 0.2) is 0 Å². The molecule has 0 aliphatic heterocycles. The predicted octanol–water partition coefficient (Wildman–Crippen LogP) is 3.06. The molecular formula is C13H10FIN2O. The van der Waals surface area contributed by atoms with E-state index < -0.39 is 0 Å². The van der Waals surface area contributed by atoms with E-state index in [2.05, 4.69) is 9.97 Å². The Hall–Kier alpha value is -1.24. The Balaban J connectivity index is 2.15. The van der Waals surface area contributed by atoms with Gasteiger partial charge in [-0.3, -0.25) is 4.79 Å². The maximum absolute atomic E-state index is 13.2. The number of nitrogens with zero attached hydrogens (tertiary/aromatic N) is 1. The Morgan fingerprint density at radius 2 is 2.17 bits per heavy atom. The van der Waals surface area contributed by atoms with E-state index in [0.717, 1.165) is 18.5 Å². The lowest BCUT2D eigenvalue weighted by molar-refractivity contribution is 0.628. The summed E-state index contributed by atoms with van der Waals surface area (Å²) in [4.78, 5) is 19.0. The summed E-state index contributed by atoms with van der Waals surface area (Å²) >= 11 is 2.02. The molecule has 1 fully saturated rings. The van der Waals surface area contributed by atoms with Gasteiger partial charge in [0.2, 0.25) is 0 Å². The molecule has 3 nitrogen and oxygen atoms in total. The summed E-state index contributed by atoms with van der Waals surface area (Å²) in [5, 5.41) is 0. The van der Waals surface area contributed by atoms with Crippen LogP contribution in [0, 0.1) is 9.39 Å². The van der Waals surface area contributed by atoms with Gasteiger partial charge < -0.3 is 4.98 Å². The third-order valence-corrected chi connectivity index (χ3v) is 3.99. The molecule has 1 aliphatic rings. The number of H-pyrrole nitrogens is 1. The Morgan fingerprint density at radius 3 is 2.83 bits per heavy atom. The fourth-order valence-electron chi connectivity index (χ4n) is 1.88. The molecule has 18 heavy (non-hydrogen) atoms. The van der Waals surface area contributed by atoms with Crippen molar-refractivity contribution in [2.75, 3.05) is 0 Å². The normalized spacial score (nSPS) is 14.8. The van der Waals surface area contributed by atoms with Gasteiger partial charge in [-0.05, 0) is 47.6 Å². The number of aromatic amines is 1. The second-order valence-corrected chi connectivity index (χ2v) is 5.48. The van der Waals surface area contributed by atoms with Crippen LogP contribution in [0.2, 0.25) is 0 Å². The summed E-state index contributed by atoms with van der Waals surface area (Å²) in [5.74, 6) is 0.509. The summed E-state index contributed by atoms with van der Waals surface area (Å²) < 4.78 is 13.8. The summed E-state index contributed by atoms with van der Waals surface area (Å²) in [7, 11) is 0. The Labute approximate surface area is 117 Å². The van der Waals surface area contributed by atoms with Crippen LogP contribution in [-0.4, -0.2) is 9.97 Å². The molecule has 0 saturated heterocycles. The van der Waals surface area contributed by atoms with Crippen molar-refractivity contribution in [3.8, 4) is 11.4 Å². The molecular weight excluding hydrogens is 346 g/mol. The maximum atomic E-state index is 13.2. The molecule has 0 spiro atoms. The van der Waals surface area contributed by atoms with Crippen molar-refractivity contribution in [3.05, 3.63) is 49.7 Å². The molecule has 0 amide bonds. The summed E-state index contributed by atoms with van der Waals surface area (Å²) in [6.45, 7) is 0. The fraction of sp³-hybridized carbons (Fsp3) is 0.231. The van der Waals surface area contributed by atoms with Gasteiger partial charge in [0, 0.05) is 11.5 Å². The number of nitrogens with one attached hydrogen (secondary N) is 1. The largest absolute Gasteiger partial charge is 0.306 e. The highest BCUT2D eigenvalue weighted by molar-refractivity contribution is 14.1. The predicted molar refractivity (Wildman–Crippen MR) is 74.9 cm³/mol. The molecule has 3 rings (SSSR count). The summed E-state index contributed by atoms with van der Waals surface area (Å²) in [5.41, 5.74) is 1.30. The number of halogens is 2. The smallest absolute Gasteiger partial charge is 0.264 e. The van der Waals surface area contributed by atoms with Crippen LogP contribution >= 0.6 is 22.6 Å². The molecule has 1 heterocycles. The molecule has 1 saturated carbocycles. The highest BCUT2D eigenvalue weighted by Gasteiger charge is 2.29.